The molecule has 4 heteroatoms. The summed E-state index contributed by atoms with van der Waals surface area (Å²) in [6.45, 7) is 5.18. The molecule has 1 aliphatic rings. The van der Waals surface area contributed by atoms with Crippen molar-refractivity contribution in [3.8, 4) is 12.3 Å². The van der Waals surface area contributed by atoms with E-state index in [1.165, 1.54) is 0 Å². The van der Waals surface area contributed by atoms with Crippen LogP contribution in [0.5, 0.6) is 0 Å². The van der Waals surface area contributed by atoms with Crippen LogP contribution in [0.2, 0.25) is 0 Å². The van der Waals surface area contributed by atoms with Gasteiger partial charge in [-0.05, 0) is 12.3 Å². The van der Waals surface area contributed by atoms with Gasteiger partial charge in [-0.2, -0.15) is 8.78 Å². The summed E-state index contributed by atoms with van der Waals surface area (Å²) in [7, 11) is 0. The first-order valence-corrected chi connectivity index (χ1v) is 6.12. The molecule has 0 atom stereocenters. The SMILES string of the molecule is C#CC1(C(F)(F)C(C)(C)CCCCCC)N=N1. The summed E-state index contributed by atoms with van der Waals surface area (Å²) in [6, 6.07) is 0. The van der Waals surface area contributed by atoms with Gasteiger partial charge in [0.15, 0.2) is 0 Å². The van der Waals surface area contributed by atoms with Crippen LogP contribution in [0, 0.1) is 17.8 Å². The lowest BCUT2D eigenvalue weighted by Gasteiger charge is -2.35. The minimum Gasteiger partial charge on any atom is -0.200 e. The summed E-state index contributed by atoms with van der Waals surface area (Å²) >= 11 is 0. The Morgan fingerprint density at radius 3 is 2.18 bits per heavy atom. The van der Waals surface area contributed by atoms with Crippen LogP contribution in [0.25, 0.3) is 0 Å². The molecule has 0 bridgehead atoms. The number of unbranched alkanes of at least 4 members (excludes halogenated alkanes) is 3. The fourth-order valence-corrected chi connectivity index (χ4v) is 1.95. The lowest BCUT2D eigenvalue weighted by molar-refractivity contribution is -0.129. The fraction of sp³-hybridized carbons (Fsp3) is 0.846. The van der Waals surface area contributed by atoms with Gasteiger partial charge in [-0.25, -0.2) is 0 Å². The number of halogens is 2. The molecule has 96 valence electrons. The summed E-state index contributed by atoms with van der Waals surface area (Å²) in [6.07, 6.45) is 9.49. The van der Waals surface area contributed by atoms with Crippen LogP contribution in [0.15, 0.2) is 10.2 Å². The third kappa shape index (κ3) is 2.48. The zero-order valence-corrected chi connectivity index (χ0v) is 10.8. The normalized spacial score (nSPS) is 17.9. The highest BCUT2D eigenvalue weighted by Crippen LogP contribution is 2.54. The Balaban J connectivity index is 2.60. The maximum absolute atomic E-state index is 14.2. The molecule has 1 heterocycles. The van der Waals surface area contributed by atoms with Gasteiger partial charge in [-0.1, -0.05) is 46.5 Å². The molecule has 0 aliphatic carbocycles. The minimum absolute atomic E-state index is 0.439. The van der Waals surface area contributed by atoms with E-state index in [0.717, 1.165) is 25.7 Å². The number of rotatable bonds is 7. The molecular formula is C13H20F2N2. The molecule has 0 saturated heterocycles. The van der Waals surface area contributed by atoms with E-state index >= 15 is 0 Å². The Labute approximate surface area is 102 Å². The van der Waals surface area contributed by atoms with Gasteiger partial charge in [0.2, 0.25) is 0 Å². The first-order chi connectivity index (χ1) is 7.83. The van der Waals surface area contributed by atoms with Crippen LogP contribution in [0.3, 0.4) is 0 Å². The van der Waals surface area contributed by atoms with E-state index < -0.39 is 17.0 Å². The second-order valence-corrected chi connectivity index (χ2v) is 5.29. The molecule has 0 aromatic rings. The monoisotopic (exact) mass is 242 g/mol. The van der Waals surface area contributed by atoms with E-state index in [0.29, 0.717) is 6.42 Å². The van der Waals surface area contributed by atoms with E-state index in [1.54, 1.807) is 13.8 Å². The lowest BCUT2D eigenvalue weighted by Crippen LogP contribution is -2.48. The average molecular weight is 242 g/mol. The molecule has 0 aromatic heterocycles. The van der Waals surface area contributed by atoms with Crippen molar-refractivity contribution in [2.45, 2.75) is 64.5 Å². The highest BCUT2D eigenvalue weighted by molar-refractivity contribution is 5.26. The second kappa shape index (κ2) is 4.72. The van der Waals surface area contributed by atoms with Crippen molar-refractivity contribution >= 4 is 0 Å². The van der Waals surface area contributed by atoms with E-state index in [2.05, 4.69) is 17.2 Å². The highest BCUT2D eigenvalue weighted by atomic mass is 19.3. The largest absolute Gasteiger partial charge is 0.313 e. The van der Waals surface area contributed by atoms with Crippen molar-refractivity contribution in [2.24, 2.45) is 15.6 Å². The molecule has 0 radical (unpaired) electrons. The Hall–Kier alpha value is -0.980. The van der Waals surface area contributed by atoms with Crippen LogP contribution in [0.4, 0.5) is 8.78 Å². The fourth-order valence-electron chi connectivity index (χ4n) is 1.95. The average Bonchev–Trinajstić information content (AvgIpc) is 3.05. The number of hydrogen-bond acceptors (Lipinski definition) is 2. The van der Waals surface area contributed by atoms with Crippen molar-refractivity contribution < 1.29 is 8.78 Å². The summed E-state index contributed by atoms with van der Waals surface area (Å²) in [4.78, 5) is 0. The maximum atomic E-state index is 14.2. The van der Waals surface area contributed by atoms with Crippen molar-refractivity contribution in [1.29, 1.82) is 0 Å². The lowest BCUT2D eigenvalue weighted by atomic mass is 9.76. The minimum atomic E-state index is -3.07. The highest BCUT2D eigenvalue weighted by Gasteiger charge is 2.68. The third-order valence-electron chi connectivity index (χ3n) is 3.44. The Morgan fingerprint density at radius 2 is 1.76 bits per heavy atom. The van der Waals surface area contributed by atoms with Gasteiger partial charge in [0.1, 0.15) is 0 Å². The van der Waals surface area contributed by atoms with Crippen LogP contribution in [-0.2, 0) is 0 Å². The number of nitrogens with zero attached hydrogens (tertiary/aromatic N) is 2. The maximum Gasteiger partial charge on any atom is 0.313 e. The van der Waals surface area contributed by atoms with Gasteiger partial charge < -0.3 is 0 Å². The summed E-state index contributed by atoms with van der Waals surface area (Å²) in [5, 5.41) is 6.75. The predicted molar refractivity (Wildman–Crippen MR) is 63.9 cm³/mol. The standard InChI is InChI=1S/C13H20F2N2/c1-5-7-8-9-10-11(3,4)13(14,15)12(6-2)16-17-12/h2H,5,7-10H2,1,3-4H3. The molecule has 17 heavy (non-hydrogen) atoms. The van der Waals surface area contributed by atoms with Gasteiger partial charge in [0.25, 0.3) is 0 Å². The molecule has 0 N–H and O–H groups in total. The van der Waals surface area contributed by atoms with Gasteiger partial charge >= 0.3 is 11.6 Å². The molecule has 0 amide bonds. The number of hydrogen-bond donors (Lipinski definition) is 0. The Bertz CT molecular complexity index is 334. The van der Waals surface area contributed by atoms with E-state index in [-0.39, 0.29) is 0 Å². The van der Waals surface area contributed by atoms with Crippen LogP contribution < -0.4 is 0 Å². The molecule has 1 aliphatic heterocycles. The topological polar surface area (TPSA) is 24.7 Å². The van der Waals surface area contributed by atoms with Crippen molar-refractivity contribution in [2.75, 3.05) is 0 Å². The molecule has 1 rings (SSSR count). The zero-order valence-electron chi connectivity index (χ0n) is 10.8. The Kier molecular flexibility index (Phi) is 3.91. The van der Waals surface area contributed by atoms with Crippen LogP contribution in [-0.4, -0.2) is 11.6 Å². The Morgan fingerprint density at radius 1 is 1.18 bits per heavy atom. The zero-order chi connectivity index (χ0) is 13.2. The van der Waals surface area contributed by atoms with E-state index in [4.69, 9.17) is 6.42 Å². The molecular weight excluding hydrogens is 222 g/mol. The predicted octanol–water partition coefficient (Wildman–Crippen LogP) is 4.41. The number of alkyl halides is 2. The number of terminal acetylenes is 1. The molecule has 0 unspecified atom stereocenters. The quantitative estimate of drug-likeness (QED) is 0.466. The van der Waals surface area contributed by atoms with Gasteiger partial charge in [-0.3, -0.25) is 0 Å². The van der Waals surface area contributed by atoms with Crippen molar-refractivity contribution in [3.05, 3.63) is 0 Å². The molecule has 0 aromatic carbocycles. The van der Waals surface area contributed by atoms with Crippen molar-refractivity contribution in [1.82, 2.24) is 0 Å². The van der Waals surface area contributed by atoms with Gasteiger partial charge in [0.05, 0.1) is 0 Å². The molecule has 0 spiro atoms. The first kappa shape index (κ1) is 14.1. The summed E-state index contributed by atoms with van der Waals surface area (Å²) < 4.78 is 28.4. The first-order valence-electron chi connectivity index (χ1n) is 6.12. The molecule has 0 saturated carbocycles. The summed E-state index contributed by atoms with van der Waals surface area (Å²) in [5.74, 6) is -1.05. The van der Waals surface area contributed by atoms with Crippen molar-refractivity contribution in [3.63, 3.8) is 0 Å². The third-order valence-corrected chi connectivity index (χ3v) is 3.44. The van der Waals surface area contributed by atoms with E-state index in [1.807, 2.05) is 5.92 Å². The van der Waals surface area contributed by atoms with Crippen LogP contribution >= 0.6 is 0 Å². The van der Waals surface area contributed by atoms with Crippen LogP contribution in [0.1, 0.15) is 52.9 Å². The summed E-state index contributed by atoms with van der Waals surface area (Å²) in [5.41, 5.74) is -3.06. The van der Waals surface area contributed by atoms with Gasteiger partial charge in [-0.15, -0.1) is 16.7 Å². The second-order valence-electron chi connectivity index (χ2n) is 5.29. The smallest absolute Gasteiger partial charge is 0.200 e. The van der Waals surface area contributed by atoms with Gasteiger partial charge in [0, 0.05) is 5.41 Å². The van der Waals surface area contributed by atoms with E-state index in [9.17, 15) is 8.78 Å². The molecule has 2 nitrogen and oxygen atoms in total. The molecule has 0 fully saturated rings.